The molecule has 0 saturated carbocycles. The lowest BCUT2D eigenvalue weighted by molar-refractivity contribution is 0.340. The molecule has 0 spiro atoms. The molecule has 0 bridgehead atoms. The van der Waals surface area contributed by atoms with Gasteiger partial charge in [-0.2, -0.15) is 0 Å². The quantitative estimate of drug-likeness (QED) is 0.499. The van der Waals surface area contributed by atoms with E-state index >= 15 is 0 Å². The van der Waals surface area contributed by atoms with Gasteiger partial charge in [0.05, 0.1) is 6.61 Å². The molecule has 1 rings (SSSR count). The molecule has 0 aliphatic rings. The van der Waals surface area contributed by atoms with Crippen molar-refractivity contribution >= 4 is 40.3 Å². The Hall–Kier alpha value is -1.60. The predicted molar refractivity (Wildman–Crippen MR) is 86.4 cm³/mol. The molecule has 104 valence electrons. The highest BCUT2D eigenvalue weighted by Gasteiger charge is 1.99. The van der Waals surface area contributed by atoms with Crippen molar-refractivity contribution < 1.29 is 4.74 Å². The van der Waals surface area contributed by atoms with Crippen molar-refractivity contribution in [2.45, 2.75) is 13.8 Å². The van der Waals surface area contributed by atoms with E-state index < -0.39 is 0 Å². The van der Waals surface area contributed by atoms with Gasteiger partial charge in [-0.25, -0.2) is 0 Å². The maximum absolute atomic E-state index is 5.36. The Labute approximate surface area is 124 Å². The molecule has 7 heteroatoms. The number of benzene rings is 1. The van der Waals surface area contributed by atoms with Gasteiger partial charge in [0.1, 0.15) is 5.75 Å². The second kappa shape index (κ2) is 8.49. The summed E-state index contributed by atoms with van der Waals surface area (Å²) in [5.41, 5.74) is 6.44. The van der Waals surface area contributed by atoms with Gasteiger partial charge in [-0.15, -0.1) is 0 Å². The number of anilines is 1. The molecule has 0 aliphatic heterocycles. The van der Waals surface area contributed by atoms with E-state index in [4.69, 9.17) is 29.2 Å². The number of rotatable bonds is 4. The SMILES string of the molecule is CCNC(=S)NNC(=S)Nc1ccc(OCC)cc1. The number of hydrogen-bond donors (Lipinski definition) is 4. The van der Waals surface area contributed by atoms with Crippen LogP contribution < -0.4 is 26.2 Å². The van der Waals surface area contributed by atoms with Gasteiger partial charge in [0.25, 0.3) is 0 Å². The lowest BCUT2D eigenvalue weighted by Gasteiger charge is -2.13. The van der Waals surface area contributed by atoms with Gasteiger partial charge in [0.15, 0.2) is 10.2 Å². The summed E-state index contributed by atoms with van der Waals surface area (Å²) in [4.78, 5) is 0. The normalized spacial score (nSPS) is 9.37. The summed E-state index contributed by atoms with van der Waals surface area (Å²) in [7, 11) is 0. The monoisotopic (exact) mass is 298 g/mol. The van der Waals surface area contributed by atoms with Crippen LogP contribution in [0.3, 0.4) is 0 Å². The van der Waals surface area contributed by atoms with Crippen LogP contribution in [-0.4, -0.2) is 23.4 Å². The largest absolute Gasteiger partial charge is 0.494 e. The van der Waals surface area contributed by atoms with Crippen LogP contribution in [-0.2, 0) is 0 Å². The lowest BCUT2D eigenvalue weighted by Crippen LogP contribution is -2.48. The Bertz CT molecular complexity index is 422. The van der Waals surface area contributed by atoms with Gasteiger partial charge in [0.2, 0.25) is 0 Å². The van der Waals surface area contributed by atoms with Crippen molar-refractivity contribution in [2.24, 2.45) is 0 Å². The zero-order valence-corrected chi connectivity index (χ0v) is 12.6. The third-order valence-corrected chi connectivity index (χ3v) is 2.50. The zero-order valence-electron chi connectivity index (χ0n) is 10.9. The summed E-state index contributed by atoms with van der Waals surface area (Å²) in [6, 6.07) is 7.54. The second-order valence-corrected chi connectivity index (χ2v) is 4.34. The summed E-state index contributed by atoms with van der Waals surface area (Å²) < 4.78 is 5.36. The Morgan fingerprint density at radius 1 is 1.05 bits per heavy atom. The average Bonchev–Trinajstić information content (AvgIpc) is 2.39. The van der Waals surface area contributed by atoms with Gasteiger partial charge in [-0.3, -0.25) is 10.9 Å². The Kier molecular flexibility index (Phi) is 6.91. The van der Waals surface area contributed by atoms with Crippen LogP contribution in [0.2, 0.25) is 0 Å². The molecule has 1 aromatic carbocycles. The molecule has 0 radical (unpaired) electrons. The van der Waals surface area contributed by atoms with Crippen LogP contribution in [0.15, 0.2) is 24.3 Å². The molecule has 1 aromatic rings. The van der Waals surface area contributed by atoms with E-state index in [1.807, 2.05) is 38.1 Å². The Balaban J connectivity index is 2.37. The second-order valence-electron chi connectivity index (χ2n) is 3.52. The number of hydrazine groups is 1. The first-order valence-electron chi connectivity index (χ1n) is 5.99. The Morgan fingerprint density at radius 2 is 1.68 bits per heavy atom. The number of hydrogen-bond acceptors (Lipinski definition) is 3. The molecule has 0 heterocycles. The van der Waals surface area contributed by atoms with Crippen molar-refractivity contribution in [1.82, 2.24) is 16.2 Å². The van der Waals surface area contributed by atoms with E-state index in [1.165, 1.54) is 0 Å². The highest BCUT2D eigenvalue weighted by Crippen LogP contribution is 2.15. The molecule has 0 atom stereocenters. The Morgan fingerprint density at radius 3 is 2.26 bits per heavy atom. The summed E-state index contributed by atoms with van der Waals surface area (Å²) in [5, 5.41) is 6.90. The molecular formula is C12H18N4OS2. The molecule has 5 nitrogen and oxygen atoms in total. The molecule has 19 heavy (non-hydrogen) atoms. The van der Waals surface area contributed by atoms with Gasteiger partial charge in [-0.1, -0.05) is 0 Å². The summed E-state index contributed by atoms with van der Waals surface area (Å²) >= 11 is 10.1. The molecule has 0 unspecified atom stereocenters. The number of nitrogens with one attached hydrogen (secondary N) is 4. The van der Waals surface area contributed by atoms with Crippen molar-refractivity contribution in [3.05, 3.63) is 24.3 Å². The van der Waals surface area contributed by atoms with Gasteiger partial charge in [-0.05, 0) is 62.5 Å². The van der Waals surface area contributed by atoms with E-state index in [0.29, 0.717) is 16.8 Å². The molecule has 0 aliphatic carbocycles. The highest BCUT2D eigenvalue weighted by molar-refractivity contribution is 7.80. The van der Waals surface area contributed by atoms with Crippen LogP contribution in [0.5, 0.6) is 5.75 Å². The maximum Gasteiger partial charge on any atom is 0.189 e. The van der Waals surface area contributed by atoms with Crippen molar-refractivity contribution in [3.8, 4) is 5.75 Å². The third kappa shape index (κ3) is 6.21. The van der Waals surface area contributed by atoms with Crippen molar-refractivity contribution in [2.75, 3.05) is 18.5 Å². The van der Waals surface area contributed by atoms with Crippen molar-refractivity contribution in [3.63, 3.8) is 0 Å². The number of ether oxygens (including phenoxy) is 1. The van der Waals surface area contributed by atoms with Crippen LogP contribution in [0.25, 0.3) is 0 Å². The highest BCUT2D eigenvalue weighted by atomic mass is 32.1. The van der Waals surface area contributed by atoms with E-state index in [9.17, 15) is 0 Å². The summed E-state index contributed by atoms with van der Waals surface area (Å²) in [6.07, 6.45) is 0. The van der Waals surface area contributed by atoms with Crippen LogP contribution in [0.4, 0.5) is 5.69 Å². The molecule has 0 aromatic heterocycles. The first-order valence-corrected chi connectivity index (χ1v) is 6.81. The van der Waals surface area contributed by atoms with Gasteiger partial charge >= 0.3 is 0 Å². The van der Waals surface area contributed by atoms with Crippen LogP contribution in [0.1, 0.15) is 13.8 Å². The molecule has 4 N–H and O–H groups in total. The molecule has 0 amide bonds. The molecular weight excluding hydrogens is 280 g/mol. The fraction of sp³-hybridized carbons (Fsp3) is 0.333. The lowest BCUT2D eigenvalue weighted by atomic mass is 10.3. The minimum atomic E-state index is 0.435. The van der Waals surface area contributed by atoms with Gasteiger partial charge < -0.3 is 15.4 Å². The minimum absolute atomic E-state index is 0.435. The van der Waals surface area contributed by atoms with Crippen LogP contribution in [0, 0.1) is 0 Å². The summed E-state index contributed by atoms with van der Waals surface area (Å²) in [5.74, 6) is 0.832. The van der Waals surface area contributed by atoms with Crippen LogP contribution >= 0.6 is 24.4 Å². The third-order valence-electron chi connectivity index (χ3n) is 2.05. The fourth-order valence-corrected chi connectivity index (χ4v) is 1.65. The van der Waals surface area contributed by atoms with Gasteiger partial charge in [0, 0.05) is 12.2 Å². The van der Waals surface area contributed by atoms with E-state index in [0.717, 1.165) is 18.0 Å². The molecule has 0 fully saturated rings. The fourth-order valence-electron chi connectivity index (χ4n) is 1.28. The summed E-state index contributed by atoms with van der Waals surface area (Å²) in [6.45, 7) is 5.32. The smallest absolute Gasteiger partial charge is 0.189 e. The molecule has 0 saturated heterocycles. The minimum Gasteiger partial charge on any atom is -0.494 e. The topological polar surface area (TPSA) is 57.3 Å². The maximum atomic E-state index is 5.36. The van der Waals surface area contributed by atoms with E-state index in [-0.39, 0.29) is 0 Å². The van der Waals surface area contributed by atoms with Crippen molar-refractivity contribution in [1.29, 1.82) is 0 Å². The number of thiocarbonyl (C=S) groups is 2. The predicted octanol–water partition coefficient (Wildman–Crippen LogP) is 1.77. The first-order chi connectivity index (χ1) is 9.15. The standard InChI is InChI=1S/C12H18N4OS2/c1-3-13-11(18)15-16-12(19)14-9-5-7-10(8-6-9)17-4-2/h5-8H,3-4H2,1-2H3,(H2,13,15,18)(H2,14,16,19). The first kappa shape index (κ1) is 15.5. The average molecular weight is 298 g/mol. The van der Waals surface area contributed by atoms with E-state index in [1.54, 1.807) is 0 Å². The zero-order chi connectivity index (χ0) is 14.1. The van der Waals surface area contributed by atoms with E-state index in [2.05, 4.69) is 21.5 Å².